The second kappa shape index (κ2) is 24.2. The Balaban J connectivity index is 0.000000208. The molecule has 4 aromatic carbocycles. The minimum Gasteiger partial charge on any atom is -0.379 e. The zero-order valence-electron chi connectivity index (χ0n) is 42.6. The van der Waals surface area contributed by atoms with Gasteiger partial charge in [-0.25, -0.2) is 19.9 Å². The molecule has 1 saturated heterocycles. The molecule has 406 valence electrons. The zero-order chi connectivity index (χ0) is 55.7. The molecule has 1 fully saturated rings. The van der Waals surface area contributed by atoms with Gasteiger partial charge in [-0.05, 0) is 99.5 Å². The van der Waals surface area contributed by atoms with Crippen LogP contribution in [0.4, 0.5) is 66.5 Å². The number of halogens is 6. The van der Waals surface area contributed by atoms with E-state index in [1.54, 1.807) is 64.8 Å². The van der Waals surface area contributed by atoms with Crippen molar-refractivity contribution in [1.82, 2.24) is 44.4 Å². The van der Waals surface area contributed by atoms with E-state index in [-0.39, 0.29) is 11.1 Å². The third-order valence-corrected chi connectivity index (χ3v) is 12.7. The van der Waals surface area contributed by atoms with Gasteiger partial charge in [0.25, 0.3) is 11.8 Å². The van der Waals surface area contributed by atoms with E-state index in [9.17, 15) is 40.1 Å². The number of aryl methyl sites for hydroxylation is 4. The van der Waals surface area contributed by atoms with Crippen molar-refractivity contribution in [2.45, 2.75) is 45.1 Å². The molecule has 0 radical (unpaired) electrons. The van der Waals surface area contributed by atoms with E-state index in [1.165, 1.54) is 43.2 Å². The second-order valence-corrected chi connectivity index (χ2v) is 19.2. The van der Waals surface area contributed by atoms with Crippen LogP contribution in [0.1, 0.15) is 54.4 Å². The van der Waals surface area contributed by atoms with Crippen LogP contribution in [0.5, 0.6) is 0 Å². The molecule has 78 heavy (non-hydrogen) atoms. The minimum absolute atomic E-state index is 0.0910. The van der Waals surface area contributed by atoms with Gasteiger partial charge in [-0.1, -0.05) is 24.3 Å². The maximum Gasteiger partial charge on any atom is 0.416 e. The van der Waals surface area contributed by atoms with Crippen LogP contribution in [-0.4, -0.2) is 106 Å². The second-order valence-electron chi connectivity index (χ2n) is 17.9. The lowest BCUT2D eigenvalue weighted by Gasteiger charge is -2.26. The summed E-state index contributed by atoms with van der Waals surface area (Å²) in [6.07, 6.45) is -4.79. The number of amides is 2. The maximum atomic E-state index is 13.1. The molecular weight excluding hydrogens is 1040 g/mol. The molecular formula is C53H52F6N14O4S. The third kappa shape index (κ3) is 14.5. The van der Waals surface area contributed by atoms with Crippen LogP contribution in [0.15, 0.2) is 127 Å². The van der Waals surface area contributed by atoms with Gasteiger partial charge in [-0.3, -0.25) is 18.7 Å². The van der Waals surface area contributed by atoms with E-state index in [0.29, 0.717) is 62.6 Å². The summed E-state index contributed by atoms with van der Waals surface area (Å²) in [7, 11) is -1.30. The average Bonchev–Trinajstić information content (AvgIpc) is 4.03. The van der Waals surface area contributed by atoms with E-state index in [2.05, 4.69) is 61.6 Å². The predicted octanol–water partition coefficient (Wildman–Crippen LogP) is 10.1. The Hall–Kier alpha value is -8.55. The Morgan fingerprint density at radius 1 is 0.615 bits per heavy atom. The van der Waals surface area contributed by atoms with Crippen molar-refractivity contribution < 1.29 is 44.9 Å². The van der Waals surface area contributed by atoms with Gasteiger partial charge >= 0.3 is 12.4 Å². The van der Waals surface area contributed by atoms with Crippen molar-refractivity contribution in [2.75, 3.05) is 72.2 Å². The predicted molar refractivity (Wildman–Crippen MR) is 284 cm³/mol. The maximum absolute atomic E-state index is 13.1. The summed E-state index contributed by atoms with van der Waals surface area (Å²) in [5.41, 5.74) is 3.30. The lowest BCUT2D eigenvalue weighted by molar-refractivity contribution is -0.138. The van der Waals surface area contributed by atoms with Crippen molar-refractivity contribution in [3.05, 3.63) is 167 Å². The fourth-order valence-electron chi connectivity index (χ4n) is 7.88. The Morgan fingerprint density at radius 3 is 1.59 bits per heavy atom. The number of ether oxygens (including phenoxy) is 1. The van der Waals surface area contributed by atoms with E-state index in [0.717, 1.165) is 80.5 Å². The lowest BCUT2D eigenvalue weighted by atomic mass is 10.1. The number of morpholine rings is 1. The number of nitrogens with zero attached hydrogens (tertiary/aromatic N) is 9. The van der Waals surface area contributed by atoms with Crippen LogP contribution in [0, 0.1) is 27.7 Å². The quantitative estimate of drug-likeness (QED) is 0.0478. The first kappa shape index (κ1) is 55.7. The smallest absolute Gasteiger partial charge is 0.379 e. The van der Waals surface area contributed by atoms with Crippen molar-refractivity contribution in [1.29, 1.82) is 0 Å². The average molecular weight is 1100 g/mol. The van der Waals surface area contributed by atoms with Gasteiger partial charge in [-0.15, -0.1) is 0 Å². The number of rotatable bonds is 15. The molecule has 5 N–H and O–H groups in total. The summed E-state index contributed by atoms with van der Waals surface area (Å²) < 4.78 is 98.8. The van der Waals surface area contributed by atoms with Crippen LogP contribution in [0.25, 0.3) is 11.6 Å². The number of anilines is 7. The molecule has 5 heterocycles. The Morgan fingerprint density at radius 2 is 1.10 bits per heavy atom. The third-order valence-electron chi connectivity index (χ3n) is 11.9. The van der Waals surface area contributed by atoms with E-state index < -0.39 is 46.1 Å². The number of aromatic nitrogens is 8. The van der Waals surface area contributed by atoms with Crippen LogP contribution in [0.3, 0.4) is 0 Å². The molecule has 0 saturated carbocycles. The molecule has 1 aliphatic heterocycles. The van der Waals surface area contributed by atoms with Crippen molar-refractivity contribution in [3.63, 3.8) is 0 Å². The number of carbonyl (C=O) groups is 2. The zero-order valence-corrected chi connectivity index (χ0v) is 43.4. The molecule has 9 rings (SSSR count). The molecule has 25 heteroatoms. The highest BCUT2D eigenvalue weighted by Crippen LogP contribution is 2.33. The molecule has 2 amide bonds. The van der Waals surface area contributed by atoms with Crippen molar-refractivity contribution >= 4 is 62.8 Å². The Bertz CT molecular complexity index is 3470. The highest BCUT2D eigenvalue weighted by atomic mass is 32.2. The first-order chi connectivity index (χ1) is 37.2. The first-order valence-electron chi connectivity index (χ1n) is 24.0. The normalized spacial score (nSPS) is 13.2. The number of carbonyl (C=O) groups excluding carboxylic acids is 2. The Kier molecular flexibility index (Phi) is 17.3. The van der Waals surface area contributed by atoms with Gasteiger partial charge in [0.2, 0.25) is 0 Å². The molecule has 8 aromatic rings. The van der Waals surface area contributed by atoms with Gasteiger partial charge in [0.1, 0.15) is 35.1 Å². The summed E-state index contributed by atoms with van der Waals surface area (Å²) in [5, 5.41) is 24.7. The summed E-state index contributed by atoms with van der Waals surface area (Å²) in [6.45, 7) is 12.3. The molecule has 1 atom stereocenters. The number of hydrogen-bond donors (Lipinski definition) is 5. The number of benzene rings is 4. The standard InChI is InChI=1S/C29H31F3N8O2.C24H21F3N6O2S/c1-19-6-7-23(36-28(41)21-4-3-5-22(15-21)29(30,31)32)16-24(19)37-27-14-20(2)38-40(27)26-17-25(34-18-35-26)33-8-9-39-10-12-42-13-11-39;1-14-7-8-18(30-23(34)16-5-4-6-17(10-16)24(25,26)27)11-19(14)31-21-9-15(2)32-33(21)20-12-22(36(3)35)29-13-28-20/h3-7,14-18,37H,8-13H2,1-2H3,(H,36,41)(H,33,34,35);4-13,31H,1-3H3,(H,30,34). The van der Waals surface area contributed by atoms with E-state index in [4.69, 9.17) is 4.74 Å². The molecule has 18 nitrogen and oxygen atoms in total. The fourth-order valence-corrected chi connectivity index (χ4v) is 8.35. The van der Waals surface area contributed by atoms with Crippen LogP contribution in [-0.2, 0) is 27.9 Å². The van der Waals surface area contributed by atoms with Gasteiger partial charge in [0.05, 0.1) is 46.5 Å². The fraction of sp³-hybridized carbons (Fsp3) is 0.245. The molecule has 4 aromatic heterocycles. The van der Waals surface area contributed by atoms with Gasteiger partial charge in [-0.2, -0.15) is 45.9 Å². The lowest BCUT2D eigenvalue weighted by Crippen LogP contribution is -2.39. The summed E-state index contributed by atoms with van der Waals surface area (Å²) in [6, 6.07) is 25.9. The molecule has 0 aliphatic carbocycles. The van der Waals surface area contributed by atoms with E-state index in [1.807, 2.05) is 32.9 Å². The van der Waals surface area contributed by atoms with Crippen LogP contribution in [0.2, 0.25) is 0 Å². The molecule has 1 aliphatic rings. The molecule has 1 unspecified atom stereocenters. The molecule has 0 bridgehead atoms. The number of alkyl halides is 6. The van der Waals surface area contributed by atoms with E-state index >= 15 is 0 Å². The highest BCUT2D eigenvalue weighted by Gasteiger charge is 2.32. The van der Waals surface area contributed by atoms with Crippen LogP contribution >= 0.6 is 0 Å². The van der Waals surface area contributed by atoms with Crippen molar-refractivity contribution in [2.24, 2.45) is 0 Å². The topological polar surface area (TPSA) is 211 Å². The SMILES string of the molecule is Cc1cc(Nc2cc(NC(=O)c3cccc(C(F)(F)F)c3)ccc2C)n(-c2cc(NCCN3CCOCC3)ncn2)n1.Cc1cc(Nc2cc(NC(=O)c3cccc(C(F)(F)F)c3)ccc2C)n(-c2cc(S(C)=O)ncn2)n1. The summed E-state index contributed by atoms with van der Waals surface area (Å²) in [4.78, 5) is 44.7. The van der Waals surface area contributed by atoms with Crippen LogP contribution < -0.4 is 26.6 Å². The summed E-state index contributed by atoms with van der Waals surface area (Å²) >= 11 is 0. The van der Waals surface area contributed by atoms with Gasteiger partial charge < -0.3 is 31.3 Å². The monoisotopic (exact) mass is 1090 g/mol. The largest absolute Gasteiger partial charge is 0.416 e. The number of hydrogen-bond acceptors (Lipinski definition) is 14. The van der Waals surface area contributed by atoms with Gasteiger partial charge in [0, 0.05) is 90.6 Å². The van der Waals surface area contributed by atoms with Gasteiger partial charge in [0.15, 0.2) is 11.6 Å². The number of nitrogens with one attached hydrogen (secondary N) is 5. The molecule has 0 spiro atoms. The Labute approximate surface area is 446 Å². The minimum atomic E-state index is -4.55. The first-order valence-corrected chi connectivity index (χ1v) is 25.6. The van der Waals surface area contributed by atoms with Crippen molar-refractivity contribution in [3.8, 4) is 11.6 Å². The highest BCUT2D eigenvalue weighted by molar-refractivity contribution is 7.84. The summed E-state index contributed by atoms with van der Waals surface area (Å²) in [5.74, 6) is 1.52.